The van der Waals surface area contributed by atoms with Gasteiger partial charge in [0, 0.05) is 19.0 Å². The van der Waals surface area contributed by atoms with Gasteiger partial charge in [-0.05, 0) is 39.8 Å². The highest BCUT2D eigenvalue weighted by Gasteiger charge is 2.16. The van der Waals surface area contributed by atoms with E-state index in [2.05, 4.69) is 5.32 Å². The fourth-order valence-electron chi connectivity index (χ4n) is 1.45. The van der Waals surface area contributed by atoms with E-state index in [1.54, 1.807) is 0 Å². The van der Waals surface area contributed by atoms with Crippen molar-refractivity contribution in [2.75, 3.05) is 6.54 Å². The molecule has 1 heterocycles. The zero-order valence-corrected chi connectivity index (χ0v) is 11.4. The largest absolute Gasteiger partial charge is 0.466 e. The van der Waals surface area contributed by atoms with Crippen molar-refractivity contribution in [1.82, 2.24) is 5.32 Å². The Labute approximate surface area is 108 Å². The molecule has 5 heteroatoms. The lowest BCUT2D eigenvalue weighted by Crippen LogP contribution is -2.41. The topological polar surface area (TPSA) is 77.5 Å². The summed E-state index contributed by atoms with van der Waals surface area (Å²) in [5.41, 5.74) is 5.40. The summed E-state index contributed by atoms with van der Waals surface area (Å²) in [5.74, 6) is 1.68. The number of nitrogens with two attached hydrogens (primary N) is 1. The first-order chi connectivity index (χ1) is 8.26. The van der Waals surface area contributed by atoms with Gasteiger partial charge in [0.05, 0.1) is 0 Å². The maximum atomic E-state index is 11.4. The summed E-state index contributed by atoms with van der Waals surface area (Å²) in [4.78, 5) is 11.4. The van der Waals surface area contributed by atoms with Gasteiger partial charge >= 0.3 is 6.09 Å². The number of amides is 1. The minimum absolute atomic E-state index is 0.192. The quantitative estimate of drug-likeness (QED) is 0.861. The summed E-state index contributed by atoms with van der Waals surface area (Å²) < 4.78 is 10.5. The number of hydrogen-bond donors (Lipinski definition) is 2. The van der Waals surface area contributed by atoms with Crippen LogP contribution in [-0.4, -0.2) is 24.3 Å². The molecule has 18 heavy (non-hydrogen) atoms. The monoisotopic (exact) mass is 254 g/mol. The molecule has 0 spiro atoms. The van der Waals surface area contributed by atoms with Crippen LogP contribution in [0.1, 0.15) is 32.3 Å². The van der Waals surface area contributed by atoms with E-state index in [9.17, 15) is 4.79 Å². The van der Waals surface area contributed by atoms with Gasteiger partial charge < -0.3 is 20.2 Å². The molecular weight excluding hydrogens is 232 g/mol. The van der Waals surface area contributed by atoms with E-state index < -0.39 is 11.7 Å². The second-order valence-electron chi connectivity index (χ2n) is 5.36. The molecule has 0 aromatic carbocycles. The molecule has 0 saturated carbocycles. The third-order valence-electron chi connectivity index (χ3n) is 2.17. The zero-order chi connectivity index (χ0) is 13.8. The highest BCUT2D eigenvalue weighted by atomic mass is 16.6. The molecular formula is C13H22N2O3. The Balaban J connectivity index is 2.29. The van der Waals surface area contributed by atoms with Crippen LogP contribution in [-0.2, 0) is 11.2 Å². The molecule has 1 aromatic rings. The Kier molecular flexibility index (Phi) is 4.78. The second kappa shape index (κ2) is 5.91. The van der Waals surface area contributed by atoms with Crippen molar-refractivity contribution >= 4 is 6.09 Å². The summed E-state index contributed by atoms with van der Waals surface area (Å²) >= 11 is 0. The van der Waals surface area contributed by atoms with Gasteiger partial charge in [0.25, 0.3) is 0 Å². The molecule has 5 nitrogen and oxygen atoms in total. The number of hydrogen-bond acceptors (Lipinski definition) is 4. The number of rotatable bonds is 4. The van der Waals surface area contributed by atoms with Gasteiger partial charge in [0.2, 0.25) is 0 Å². The van der Waals surface area contributed by atoms with Crippen LogP contribution in [0.5, 0.6) is 0 Å². The van der Waals surface area contributed by atoms with E-state index in [1.165, 1.54) is 0 Å². The van der Waals surface area contributed by atoms with Gasteiger partial charge in [0.1, 0.15) is 17.1 Å². The van der Waals surface area contributed by atoms with Crippen molar-refractivity contribution < 1.29 is 13.9 Å². The molecule has 102 valence electrons. The Morgan fingerprint density at radius 1 is 1.50 bits per heavy atom. The highest BCUT2D eigenvalue weighted by molar-refractivity contribution is 5.67. The van der Waals surface area contributed by atoms with Crippen LogP contribution in [0.2, 0.25) is 0 Å². The molecule has 0 radical (unpaired) electrons. The van der Waals surface area contributed by atoms with Crippen LogP contribution in [0.4, 0.5) is 4.79 Å². The van der Waals surface area contributed by atoms with Crippen molar-refractivity contribution in [1.29, 1.82) is 0 Å². The SMILES string of the molecule is Cc1ccc(CC(N)CNC(=O)OC(C)(C)C)o1. The number of furan rings is 1. The third-order valence-corrected chi connectivity index (χ3v) is 2.17. The molecule has 0 fully saturated rings. The zero-order valence-electron chi connectivity index (χ0n) is 11.4. The van der Waals surface area contributed by atoms with Crippen molar-refractivity contribution in [3.05, 3.63) is 23.7 Å². The van der Waals surface area contributed by atoms with Crippen molar-refractivity contribution in [3.8, 4) is 0 Å². The molecule has 1 amide bonds. The van der Waals surface area contributed by atoms with E-state index in [4.69, 9.17) is 14.9 Å². The van der Waals surface area contributed by atoms with Gasteiger partial charge in [-0.25, -0.2) is 4.79 Å². The molecule has 3 N–H and O–H groups in total. The number of ether oxygens (including phenoxy) is 1. The Bertz CT molecular complexity index is 393. The van der Waals surface area contributed by atoms with E-state index in [-0.39, 0.29) is 6.04 Å². The Morgan fingerprint density at radius 2 is 2.17 bits per heavy atom. The van der Waals surface area contributed by atoms with Crippen LogP contribution >= 0.6 is 0 Å². The lowest BCUT2D eigenvalue weighted by molar-refractivity contribution is 0.0524. The molecule has 0 aliphatic carbocycles. The molecule has 0 bridgehead atoms. The molecule has 1 unspecified atom stereocenters. The first kappa shape index (κ1) is 14.6. The fourth-order valence-corrected chi connectivity index (χ4v) is 1.45. The molecule has 0 saturated heterocycles. The van der Waals surface area contributed by atoms with Gasteiger partial charge in [-0.2, -0.15) is 0 Å². The van der Waals surface area contributed by atoms with Gasteiger partial charge in [-0.15, -0.1) is 0 Å². The van der Waals surface area contributed by atoms with E-state index in [0.717, 1.165) is 11.5 Å². The predicted octanol–water partition coefficient (Wildman–Crippen LogP) is 1.98. The average molecular weight is 254 g/mol. The van der Waals surface area contributed by atoms with Crippen LogP contribution in [0.15, 0.2) is 16.5 Å². The molecule has 1 aromatic heterocycles. The number of aryl methyl sites for hydroxylation is 1. The van der Waals surface area contributed by atoms with Crippen LogP contribution in [0.3, 0.4) is 0 Å². The first-order valence-corrected chi connectivity index (χ1v) is 6.04. The van der Waals surface area contributed by atoms with Crippen LogP contribution in [0, 0.1) is 6.92 Å². The Morgan fingerprint density at radius 3 is 2.67 bits per heavy atom. The van der Waals surface area contributed by atoms with Gasteiger partial charge in [-0.3, -0.25) is 0 Å². The second-order valence-corrected chi connectivity index (χ2v) is 5.36. The molecule has 1 atom stereocenters. The van der Waals surface area contributed by atoms with Crippen molar-refractivity contribution in [3.63, 3.8) is 0 Å². The van der Waals surface area contributed by atoms with E-state index in [1.807, 2.05) is 39.8 Å². The normalized spacial score (nSPS) is 13.2. The van der Waals surface area contributed by atoms with E-state index in [0.29, 0.717) is 13.0 Å². The van der Waals surface area contributed by atoms with Gasteiger partial charge in [-0.1, -0.05) is 0 Å². The average Bonchev–Trinajstić information content (AvgIpc) is 2.58. The minimum Gasteiger partial charge on any atom is -0.466 e. The number of nitrogens with one attached hydrogen (secondary N) is 1. The predicted molar refractivity (Wildman–Crippen MR) is 69.4 cm³/mol. The lowest BCUT2D eigenvalue weighted by atomic mass is 10.2. The molecule has 0 aliphatic rings. The summed E-state index contributed by atoms with van der Waals surface area (Å²) in [6.45, 7) is 7.69. The molecule has 0 aliphatic heterocycles. The summed E-state index contributed by atoms with van der Waals surface area (Å²) in [6, 6.07) is 3.59. The number of carbonyl (C=O) groups is 1. The lowest BCUT2D eigenvalue weighted by Gasteiger charge is -2.20. The first-order valence-electron chi connectivity index (χ1n) is 6.04. The maximum absolute atomic E-state index is 11.4. The maximum Gasteiger partial charge on any atom is 0.407 e. The van der Waals surface area contributed by atoms with Crippen molar-refractivity contribution in [2.45, 2.75) is 45.8 Å². The smallest absolute Gasteiger partial charge is 0.407 e. The highest BCUT2D eigenvalue weighted by Crippen LogP contribution is 2.08. The summed E-state index contributed by atoms with van der Waals surface area (Å²) in [6.07, 6.45) is 0.137. The number of alkyl carbamates (subject to hydrolysis) is 1. The summed E-state index contributed by atoms with van der Waals surface area (Å²) in [5, 5.41) is 2.64. The molecule has 1 rings (SSSR count). The third kappa shape index (κ3) is 5.72. The standard InChI is InChI=1S/C13H22N2O3/c1-9-5-6-11(17-9)7-10(14)8-15-12(16)18-13(2,3)4/h5-6,10H,7-8,14H2,1-4H3,(H,15,16). The van der Waals surface area contributed by atoms with Crippen molar-refractivity contribution in [2.24, 2.45) is 5.73 Å². The van der Waals surface area contributed by atoms with E-state index >= 15 is 0 Å². The fraction of sp³-hybridized carbons (Fsp3) is 0.615. The summed E-state index contributed by atoms with van der Waals surface area (Å²) in [7, 11) is 0. The number of carbonyl (C=O) groups excluding carboxylic acids is 1. The van der Waals surface area contributed by atoms with Crippen LogP contribution < -0.4 is 11.1 Å². The Hall–Kier alpha value is -1.49. The van der Waals surface area contributed by atoms with Crippen LogP contribution in [0.25, 0.3) is 0 Å². The minimum atomic E-state index is -0.494. The van der Waals surface area contributed by atoms with Gasteiger partial charge in [0.15, 0.2) is 0 Å².